The van der Waals surface area contributed by atoms with Crippen molar-refractivity contribution in [3.8, 4) is 5.75 Å². The lowest BCUT2D eigenvalue weighted by molar-refractivity contribution is 0.415. The Bertz CT molecular complexity index is 528. The molecule has 92 valence electrons. The van der Waals surface area contributed by atoms with E-state index >= 15 is 0 Å². The molecule has 0 radical (unpaired) electrons. The van der Waals surface area contributed by atoms with Crippen molar-refractivity contribution in [3.05, 3.63) is 30.0 Å². The van der Waals surface area contributed by atoms with Gasteiger partial charge in [0.15, 0.2) is 0 Å². The van der Waals surface area contributed by atoms with Crippen LogP contribution < -0.4 is 10.5 Å². The van der Waals surface area contributed by atoms with Crippen LogP contribution in [0.5, 0.6) is 5.75 Å². The SMILES string of the molecule is COc1ccc2c(C(N)C(C)C)cn(C)c2c1. The molecular formula is C14H20N2O. The van der Waals surface area contributed by atoms with Crippen LogP contribution in [0.2, 0.25) is 0 Å². The van der Waals surface area contributed by atoms with Gasteiger partial charge in [0, 0.05) is 30.7 Å². The van der Waals surface area contributed by atoms with Crippen molar-refractivity contribution in [1.82, 2.24) is 4.57 Å². The number of fused-ring (bicyclic) bond motifs is 1. The van der Waals surface area contributed by atoms with E-state index in [1.807, 2.05) is 19.2 Å². The number of nitrogens with two attached hydrogens (primary N) is 1. The molecule has 2 N–H and O–H groups in total. The van der Waals surface area contributed by atoms with Gasteiger partial charge in [0.2, 0.25) is 0 Å². The molecule has 1 aromatic heterocycles. The van der Waals surface area contributed by atoms with Crippen LogP contribution >= 0.6 is 0 Å². The molecule has 1 atom stereocenters. The third kappa shape index (κ3) is 2.03. The van der Waals surface area contributed by atoms with Gasteiger partial charge in [0.1, 0.15) is 5.75 Å². The van der Waals surface area contributed by atoms with E-state index in [2.05, 4.69) is 30.7 Å². The van der Waals surface area contributed by atoms with Gasteiger partial charge in [-0.1, -0.05) is 13.8 Å². The van der Waals surface area contributed by atoms with E-state index in [9.17, 15) is 0 Å². The maximum Gasteiger partial charge on any atom is 0.120 e. The van der Waals surface area contributed by atoms with Crippen LogP contribution in [0.3, 0.4) is 0 Å². The molecule has 0 aliphatic carbocycles. The molecule has 1 aromatic carbocycles. The van der Waals surface area contributed by atoms with Crippen molar-refractivity contribution < 1.29 is 4.74 Å². The van der Waals surface area contributed by atoms with Gasteiger partial charge < -0.3 is 15.0 Å². The van der Waals surface area contributed by atoms with E-state index in [1.165, 1.54) is 10.9 Å². The van der Waals surface area contributed by atoms with Crippen LogP contribution in [0.1, 0.15) is 25.5 Å². The Morgan fingerprint density at radius 1 is 1.29 bits per heavy atom. The first-order valence-corrected chi connectivity index (χ1v) is 5.93. The van der Waals surface area contributed by atoms with Crippen LogP contribution in [0.15, 0.2) is 24.4 Å². The molecule has 2 aromatic rings. The molecule has 0 amide bonds. The first kappa shape index (κ1) is 12.0. The summed E-state index contributed by atoms with van der Waals surface area (Å²) >= 11 is 0. The molecule has 0 aliphatic heterocycles. The Kier molecular flexibility index (Phi) is 3.11. The van der Waals surface area contributed by atoms with Crippen molar-refractivity contribution in [2.24, 2.45) is 18.7 Å². The maximum absolute atomic E-state index is 6.24. The Labute approximate surface area is 102 Å². The normalized spacial score (nSPS) is 13.3. The third-order valence-electron chi connectivity index (χ3n) is 3.31. The number of rotatable bonds is 3. The lowest BCUT2D eigenvalue weighted by atomic mass is 9.97. The summed E-state index contributed by atoms with van der Waals surface area (Å²) in [5.74, 6) is 1.31. The van der Waals surface area contributed by atoms with E-state index in [1.54, 1.807) is 7.11 Å². The Morgan fingerprint density at radius 2 is 2.00 bits per heavy atom. The lowest BCUT2D eigenvalue weighted by Crippen LogP contribution is -2.16. The van der Waals surface area contributed by atoms with Gasteiger partial charge in [-0.2, -0.15) is 0 Å². The van der Waals surface area contributed by atoms with Crippen LogP contribution in [-0.2, 0) is 7.05 Å². The molecule has 3 heteroatoms. The molecule has 0 saturated carbocycles. The number of nitrogens with zero attached hydrogens (tertiary/aromatic N) is 1. The topological polar surface area (TPSA) is 40.2 Å². The summed E-state index contributed by atoms with van der Waals surface area (Å²) < 4.78 is 7.36. The second-order valence-electron chi connectivity index (χ2n) is 4.85. The Hall–Kier alpha value is -1.48. The summed E-state index contributed by atoms with van der Waals surface area (Å²) in [7, 11) is 3.73. The minimum absolute atomic E-state index is 0.0760. The third-order valence-corrected chi connectivity index (χ3v) is 3.31. The number of ether oxygens (including phenoxy) is 1. The summed E-state index contributed by atoms with van der Waals surface area (Å²) in [6.07, 6.45) is 2.12. The molecule has 3 nitrogen and oxygen atoms in total. The lowest BCUT2D eigenvalue weighted by Gasteiger charge is -2.14. The zero-order valence-corrected chi connectivity index (χ0v) is 10.9. The fourth-order valence-corrected chi connectivity index (χ4v) is 2.15. The summed E-state index contributed by atoms with van der Waals surface area (Å²) in [6.45, 7) is 4.29. The second kappa shape index (κ2) is 4.41. The maximum atomic E-state index is 6.24. The van der Waals surface area contributed by atoms with Crippen molar-refractivity contribution in [3.63, 3.8) is 0 Å². The first-order valence-electron chi connectivity index (χ1n) is 5.93. The molecule has 0 bridgehead atoms. The number of hydrogen-bond acceptors (Lipinski definition) is 2. The Balaban J connectivity index is 2.60. The second-order valence-corrected chi connectivity index (χ2v) is 4.85. The molecule has 0 spiro atoms. The number of hydrogen-bond donors (Lipinski definition) is 1. The fraction of sp³-hybridized carbons (Fsp3) is 0.429. The number of benzene rings is 1. The molecule has 2 rings (SSSR count). The van der Waals surface area contributed by atoms with Crippen LogP contribution in [-0.4, -0.2) is 11.7 Å². The highest BCUT2D eigenvalue weighted by atomic mass is 16.5. The first-order chi connectivity index (χ1) is 8.04. The van der Waals surface area contributed by atoms with Crippen LogP contribution in [0, 0.1) is 5.92 Å². The van der Waals surface area contributed by atoms with E-state index in [4.69, 9.17) is 10.5 Å². The molecule has 1 unspecified atom stereocenters. The molecule has 0 fully saturated rings. The van der Waals surface area contributed by atoms with Crippen molar-refractivity contribution in [1.29, 1.82) is 0 Å². The molecule has 0 aliphatic rings. The van der Waals surface area contributed by atoms with Crippen molar-refractivity contribution in [2.75, 3.05) is 7.11 Å². The minimum atomic E-state index is 0.0760. The Morgan fingerprint density at radius 3 is 2.59 bits per heavy atom. The van der Waals surface area contributed by atoms with Gasteiger partial charge >= 0.3 is 0 Å². The van der Waals surface area contributed by atoms with E-state index < -0.39 is 0 Å². The van der Waals surface area contributed by atoms with Gasteiger partial charge in [-0.05, 0) is 23.6 Å². The van der Waals surface area contributed by atoms with Gasteiger partial charge in [-0.3, -0.25) is 0 Å². The predicted octanol–water partition coefficient (Wildman–Crippen LogP) is 2.84. The highest BCUT2D eigenvalue weighted by molar-refractivity contribution is 5.85. The van der Waals surface area contributed by atoms with Crippen LogP contribution in [0.25, 0.3) is 10.9 Å². The minimum Gasteiger partial charge on any atom is -0.497 e. The smallest absolute Gasteiger partial charge is 0.120 e. The summed E-state index contributed by atoms with van der Waals surface area (Å²) in [5.41, 5.74) is 8.61. The number of aryl methyl sites for hydroxylation is 1. The average Bonchev–Trinajstić information content (AvgIpc) is 2.65. The highest BCUT2D eigenvalue weighted by Gasteiger charge is 2.16. The van der Waals surface area contributed by atoms with Crippen molar-refractivity contribution in [2.45, 2.75) is 19.9 Å². The quantitative estimate of drug-likeness (QED) is 0.884. The van der Waals surface area contributed by atoms with Gasteiger partial charge in [0.05, 0.1) is 12.6 Å². The zero-order chi connectivity index (χ0) is 12.6. The standard InChI is InChI=1S/C14H20N2O/c1-9(2)14(15)12-8-16(3)13-7-10(17-4)5-6-11(12)13/h5-9,14H,15H2,1-4H3. The highest BCUT2D eigenvalue weighted by Crippen LogP contribution is 2.30. The number of methoxy groups -OCH3 is 1. The predicted molar refractivity (Wildman–Crippen MR) is 71.2 cm³/mol. The monoisotopic (exact) mass is 232 g/mol. The van der Waals surface area contributed by atoms with Gasteiger partial charge in [-0.25, -0.2) is 0 Å². The van der Waals surface area contributed by atoms with Gasteiger partial charge in [0.25, 0.3) is 0 Å². The molecule has 1 heterocycles. The summed E-state index contributed by atoms with van der Waals surface area (Å²) in [4.78, 5) is 0. The zero-order valence-electron chi connectivity index (χ0n) is 10.9. The largest absolute Gasteiger partial charge is 0.497 e. The molecule has 0 saturated heterocycles. The van der Waals surface area contributed by atoms with Gasteiger partial charge in [-0.15, -0.1) is 0 Å². The molecule has 17 heavy (non-hydrogen) atoms. The summed E-state index contributed by atoms with van der Waals surface area (Å²) in [5, 5.41) is 1.22. The van der Waals surface area contributed by atoms with Crippen molar-refractivity contribution >= 4 is 10.9 Å². The number of aromatic nitrogens is 1. The van der Waals surface area contributed by atoms with E-state index in [-0.39, 0.29) is 6.04 Å². The molecular weight excluding hydrogens is 212 g/mol. The van der Waals surface area contributed by atoms with E-state index in [0.29, 0.717) is 5.92 Å². The summed E-state index contributed by atoms with van der Waals surface area (Å²) in [6, 6.07) is 6.20. The fourth-order valence-electron chi connectivity index (χ4n) is 2.15. The van der Waals surface area contributed by atoms with E-state index in [0.717, 1.165) is 11.3 Å². The van der Waals surface area contributed by atoms with Crippen LogP contribution in [0.4, 0.5) is 0 Å². The average molecular weight is 232 g/mol.